The molecule has 2 radical (unpaired) electrons. The molecule has 0 aliphatic carbocycles. The third-order valence-corrected chi connectivity index (χ3v) is 3.04. The van der Waals surface area contributed by atoms with E-state index in [9.17, 15) is 39.6 Å². The van der Waals surface area contributed by atoms with Gasteiger partial charge in [-0.05, 0) is 23.3 Å². The topological polar surface area (TPSA) is 161 Å². The fourth-order valence-corrected chi connectivity index (χ4v) is 1.73. The SMILES string of the molecule is O=C([O-])C(=O)/C=C(\[O-])c1ccccc1.O=C([O-])C(=O)/C=C(\[O-])c1ccccc1.[Cu+2].[Cu+2]. The van der Waals surface area contributed by atoms with Crippen molar-refractivity contribution in [3.05, 3.63) is 83.9 Å². The van der Waals surface area contributed by atoms with Gasteiger partial charge in [-0.1, -0.05) is 72.2 Å². The van der Waals surface area contributed by atoms with Crippen LogP contribution >= 0.6 is 0 Å². The van der Waals surface area contributed by atoms with Crippen LogP contribution in [0.4, 0.5) is 0 Å². The minimum absolute atomic E-state index is 0. The Morgan fingerprint density at radius 3 is 1.03 bits per heavy atom. The summed E-state index contributed by atoms with van der Waals surface area (Å²) in [4.78, 5) is 41.2. The van der Waals surface area contributed by atoms with Crippen molar-refractivity contribution in [2.24, 2.45) is 0 Å². The number of ketones is 2. The molecule has 0 saturated carbocycles. The van der Waals surface area contributed by atoms with Crippen molar-refractivity contribution in [3.63, 3.8) is 0 Å². The van der Waals surface area contributed by atoms with Crippen molar-refractivity contribution in [2.75, 3.05) is 0 Å². The smallest absolute Gasteiger partial charge is 0.872 e. The first kappa shape index (κ1) is 29.0. The van der Waals surface area contributed by atoms with Crippen LogP contribution in [0, 0.1) is 0 Å². The van der Waals surface area contributed by atoms with Crippen LogP contribution in [0.1, 0.15) is 11.1 Å². The van der Waals surface area contributed by atoms with Crippen molar-refractivity contribution in [1.82, 2.24) is 0 Å². The zero-order valence-electron chi connectivity index (χ0n) is 14.8. The van der Waals surface area contributed by atoms with Gasteiger partial charge in [0.05, 0.1) is 0 Å². The van der Waals surface area contributed by atoms with E-state index in [0.29, 0.717) is 12.2 Å². The summed E-state index contributed by atoms with van der Waals surface area (Å²) in [6.45, 7) is 0. The van der Waals surface area contributed by atoms with Crippen LogP contribution in [0.2, 0.25) is 0 Å². The Balaban J connectivity index is 0. The van der Waals surface area contributed by atoms with Gasteiger partial charge in [0.25, 0.3) is 0 Å². The van der Waals surface area contributed by atoms with Gasteiger partial charge in [-0.25, -0.2) is 0 Å². The zero-order valence-corrected chi connectivity index (χ0v) is 16.7. The second kappa shape index (κ2) is 14.8. The number of carbonyl (C=O) groups is 4. The van der Waals surface area contributed by atoms with Crippen molar-refractivity contribution in [2.45, 2.75) is 0 Å². The van der Waals surface area contributed by atoms with E-state index >= 15 is 0 Å². The van der Waals surface area contributed by atoms with Crippen LogP contribution in [0.25, 0.3) is 11.5 Å². The Morgan fingerprint density at radius 1 is 0.533 bits per heavy atom. The van der Waals surface area contributed by atoms with Crippen LogP contribution in [0.15, 0.2) is 72.8 Å². The van der Waals surface area contributed by atoms with E-state index in [0.717, 1.165) is 0 Å². The van der Waals surface area contributed by atoms with Crippen molar-refractivity contribution < 1.29 is 73.7 Å². The van der Waals surface area contributed by atoms with E-state index < -0.39 is 35.0 Å². The standard InChI is InChI=1S/2C10H8O4.2Cu/c2*11-8(6-9(12)10(13)14)7-4-2-1-3-5-7;;/h2*1-6,11H,(H,13,14);;/q;;2*+2/p-4/b2*8-6-;;. The molecule has 0 unspecified atom stereocenters. The van der Waals surface area contributed by atoms with Gasteiger partial charge in [-0.15, -0.1) is 0 Å². The largest absolute Gasteiger partial charge is 2.00 e. The predicted molar refractivity (Wildman–Crippen MR) is 88.9 cm³/mol. The number of hydrogen-bond donors (Lipinski definition) is 0. The quantitative estimate of drug-likeness (QED) is 0.178. The molecule has 2 rings (SSSR count). The second-order valence-corrected chi connectivity index (χ2v) is 5.05. The van der Waals surface area contributed by atoms with Gasteiger partial charge < -0.3 is 30.0 Å². The molecule has 2 aromatic rings. The Bertz CT molecular complexity index is 845. The van der Waals surface area contributed by atoms with Gasteiger partial charge in [0.15, 0.2) is 0 Å². The van der Waals surface area contributed by atoms with Crippen molar-refractivity contribution >= 4 is 35.0 Å². The number of carboxylic acids is 2. The molecule has 0 atom stereocenters. The fourth-order valence-electron chi connectivity index (χ4n) is 1.73. The van der Waals surface area contributed by atoms with Crippen molar-refractivity contribution in [1.29, 1.82) is 0 Å². The van der Waals surface area contributed by atoms with Gasteiger partial charge in [0.2, 0.25) is 11.6 Å². The molecule has 0 bridgehead atoms. The summed E-state index contributed by atoms with van der Waals surface area (Å²) in [6, 6.07) is 15.8. The van der Waals surface area contributed by atoms with E-state index in [1.165, 1.54) is 24.3 Å². The molecule has 0 aromatic heterocycles. The molecule has 0 aliphatic rings. The molecule has 2 aromatic carbocycles. The Morgan fingerprint density at radius 2 is 0.800 bits per heavy atom. The van der Waals surface area contributed by atoms with E-state index in [4.69, 9.17) is 0 Å². The van der Waals surface area contributed by atoms with Crippen LogP contribution in [-0.2, 0) is 53.3 Å². The molecule has 162 valence electrons. The molecule has 30 heavy (non-hydrogen) atoms. The Kier molecular flexibility index (Phi) is 14.3. The minimum Gasteiger partial charge on any atom is -0.872 e. The zero-order chi connectivity index (χ0) is 21.1. The van der Waals surface area contributed by atoms with Gasteiger partial charge >= 0.3 is 34.1 Å². The number of carboxylic acid groups (broad SMARTS) is 2. The summed E-state index contributed by atoms with van der Waals surface area (Å²) in [6.07, 6.45) is 1.01. The van der Waals surface area contributed by atoms with E-state index in [1.54, 1.807) is 36.4 Å². The van der Waals surface area contributed by atoms with Crippen LogP contribution in [-0.4, -0.2) is 23.5 Å². The van der Waals surface area contributed by atoms with Crippen LogP contribution in [0.3, 0.4) is 0 Å². The summed E-state index contributed by atoms with van der Waals surface area (Å²) in [5, 5.41) is 42.4. The Hall–Kier alpha value is -3.16. The summed E-state index contributed by atoms with van der Waals surface area (Å²) in [5.41, 5.74) is 0.532. The normalized spacial score (nSPS) is 10.3. The average Bonchev–Trinajstić information content (AvgIpc) is 2.69. The molecule has 10 heteroatoms. The minimum atomic E-state index is -1.88. The number of carbonyl (C=O) groups excluding carboxylic acids is 4. The maximum Gasteiger partial charge on any atom is 2.00 e. The predicted octanol–water partition coefficient (Wildman–Crippen LogP) is -2.59. The van der Waals surface area contributed by atoms with E-state index in [1.807, 2.05) is 0 Å². The summed E-state index contributed by atoms with van der Waals surface area (Å²) in [7, 11) is 0. The maximum absolute atomic E-state index is 11.2. The van der Waals surface area contributed by atoms with E-state index in [2.05, 4.69) is 0 Å². The Labute approximate surface area is 192 Å². The molecule has 0 saturated heterocycles. The second-order valence-electron chi connectivity index (χ2n) is 5.05. The fraction of sp³-hybridized carbons (Fsp3) is 0. The third-order valence-electron chi connectivity index (χ3n) is 3.04. The van der Waals surface area contributed by atoms with Crippen LogP contribution in [0.5, 0.6) is 0 Å². The molecule has 0 amide bonds. The molecular weight excluding hydrogens is 495 g/mol. The monoisotopic (exact) mass is 506 g/mol. The maximum atomic E-state index is 11.2. The molecular formula is C20H12Cu2O8. The first-order valence-corrected chi connectivity index (χ1v) is 7.61. The first-order chi connectivity index (χ1) is 13.2. The summed E-state index contributed by atoms with van der Waals surface area (Å²) >= 11 is 0. The van der Waals surface area contributed by atoms with E-state index in [-0.39, 0.29) is 45.3 Å². The summed E-state index contributed by atoms with van der Waals surface area (Å²) in [5.74, 6) is -7.68. The number of benzene rings is 2. The summed E-state index contributed by atoms with van der Waals surface area (Å²) < 4.78 is 0. The van der Waals surface area contributed by atoms with Gasteiger partial charge in [-0.2, -0.15) is 0 Å². The molecule has 0 spiro atoms. The number of hydrogen-bond acceptors (Lipinski definition) is 8. The van der Waals surface area contributed by atoms with Crippen molar-refractivity contribution in [3.8, 4) is 0 Å². The molecule has 0 N–H and O–H groups in total. The first-order valence-electron chi connectivity index (χ1n) is 7.61. The van der Waals surface area contributed by atoms with Gasteiger partial charge in [0, 0.05) is 0 Å². The van der Waals surface area contributed by atoms with Crippen LogP contribution < -0.4 is 20.4 Å². The molecule has 8 nitrogen and oxygen atoms in total. The number of aliphatic carboxylic acids is 2. The molecule has 0 heterocycles. The molecule has 0 fully saturated rings. The average molecular weight is 507 g/mol. The van der Waals surface area contributed by atoms with Gasteiger partial charge in [0.1, 0.15) is 11.9 Å². The molecule has 0 aliphatic heterocycles. The number of rotatable bonds is 6. The third kappa shape index (κ3) is 10.4. The van der Waals surface area contributed by atoms with Gasteiger partial charge in [-0.3, -0.25) is 9.59 Å².